The lowest BCUT2D eigenvalue weighted by molar-refractivity contribution is 0.0968. The summed E-state index contributed by atoms with van der Waals surface area (Å²) in [6.07, 6.45) is -0.880. The molecule has 1 rings (SSSR count). The number of carboxylic acid groups (broad SMARTS) is 1. The van der Waals surface area contributed by atoms with E-state index in [0.29, 0.717) is 24.7 Å². The zero-order valence-electron chi connectivity index (χ0n) is 7.43. The largest absolute Gasteiger partial charge is 0.465 e. The molecule has 0 aromatic carbocycles. The van der Waals surface area contributed by atoms with Gasteiger partial charge < -0.3 is 20.6 Å². The molecule has 1 aliphatic heterocycles. The number of rotatable bonds is 0. The molecule has 1 saturated heterocycles. The van der Waals surface area contributed by atoms with Crippen LogP contribution in [0.3, 0.4) is 0 Å². The molecule has 0 saturated carbocycles. The molecule has 1 unspecified atom stereocenters. The van der Waals surface area contributed by atoms with Crippen LogP contribution < -0.4 is 5.73 Å². The molecule has 1 amide bonds. The van der Waals surface area contributed by atoms with E-state index >= 15 is 0 Å². The fraction of sp³-hybridized carbons (Fsp3) is 0.714. The highest BCUT2D eigenvalue weighted by Crippen LogP contribution is 2.08. The van der Waals surface area contributed by atoms with Crippen LogP contribution in [0.25, 0.3) is 0 Å². The summed E-state index contributed by atoms with van der Waals surface area (Å²) in [5.41, 5.74) is 5.44. The Bertz CT molecular complexity index is 234. The lowest BCUT2D eigenvalue weighted by Gasteiger charge is -2.38. The van der Waals surface area contributed by atoms with Crippen molar-refractivity contribution in [3.8, 4) is 0 Å². The van der Waals surface area contributed by atoms with Crippen LogP contribution in [0.2, 0.25) is 0 Å². The number of thiocarbonyl (C=S) groups is 1. The first kappa shape index (κ1) is 10.0. The standard InChI is InChI=1S/C7H13N3O2S/c1-5-4-9(6(8)13)2-3-10(5)7(11)12/h5H,2-4H2,1H3,(H2,8,13)(H,11,12). The molecule has 74 valence electrons. The molecule has 0 spiro atoms. The van der Waals surface area contributed by atoms with Crippen LogP contribution in [-0.2, 0) is 0 Å². The van der Waals surface area contributed by atoms with E-state index < -0.39 is 6.09 Å². The molecule has 1 aliphatic rings. The van der Waals surface area contributed by atoms with E-state index in [0.717, 1.165) is 0 Å². The van der Waals surface area contributed by atoms with Crippen LogP contribution in [0.1, 0.15) is 6.92 Å². The van der Waals surface area contributed by atoms with Crippen molar-refractivity contribution >= 4 is 23.4 Å². The van der Waals surface area contributed by atoms with Gasteiger partial charge in [-0.1, -0.05) is 0 Å². The van der Waals surface area contributed by atoms with Gasteiger partial charge in [0.1, 0.15) is 0 Å². The fourth-order valence-corrected chi connectivity index (χ4v) is 1.61. The van der Waals surface area contributed by atoms with Gasteiger partial charge in [-0.2, -0.15) is 0 Å². The molecule has 1 atom stereocenters. The molecule has 0 aromatic heterocycles. The van der Waals surface area contributed by atoms with Gasteiger partial charge >= 0.3 is 6.09 Å². The maximum atomic E-state index is 10.7. The van der Waals surface area contributed by atoms with Crippen LogP contribution in [0.5, 0.6) is 0 Å². The summed E-state index contributed by atoms with van der Waals surface area (Å²) in [5, 5.41) is 9.12. The summed E-state index contributed by atoms with van der Waals surface area (Å²) in [7, 11) is 0. The molecular formula is C7H13N3O2S. The average molecular weight is 203 g/mol. The highest BCUT2D eigenvalue weighted by atomic mass is 32.1. The Balaban J connectivity index is 2.56. The Kier molecular flexibility index (Phi) is 2.92. The van der Waals surface area contributed by atoms with Gasteiger partial charge in [-0.15, -0.1) is 0 Å². The van der Waals surface area contributed by atoms with E-state index in [1.165, 1.54) is 4.90 Å². The highest BCUT2D eigenvalue weighted by molar-refractivity contribution is 7.80. The lowest BCUT2D eigenvalue weighted by atomic mass is 10.2. The van der Waals surface area contributed by atoms with Crippen LogP contribution >= 0.6 is 12.2 Å². The number of piperazine rings is 1. The van der Waals surface area contributed by atoms with Crippen molar-refractivity contribution in [3.05, 3.63) is 0 Å². The first-order valence-corrected chi connectivity index (χ1v) is 4.47. The number of nitrogens with two attached hydrogens (primary N) is 1. The number of carbonyl (C=O) groups is 1. The van der Waals surface area contributed by atoms with Crippen molar-refractivity contribution in [2.24, 2.45) is 5.73 Å². The zero-order valence-corrected chi connectivity index (χ0v) is 8.25. The van der Waals surface area contributed by atoms with Crippen molar-refractivity contribution in [2.45, 2.75) is 13.0 Å². The molecule has 0 bridgehead atoms. The van der Waals surface area contributed by atoms with E-state index in [1.807, 2.05) is 11.8 Å². The topological polar surface area (TPSA) is 69.8 Å². The SMILES string of the molecule is CC1CN(C(N)=S)CCN1C(=O)O. The maximum Gasteiger partial charge on any atom is 0.407 e. The molecule has 13 heavy (non-hydrogen) atoms. The van der Waals surface area contributed by atoms with Gasteiger partial charge in [0, 0.05) is 25.7 Å². The molecule has 1 fully saturated rings. The van der Waals surface area contributed by atoms with Gasteiger partial charge in [0.2, 0.25) is 0 Å². The Morgan fingerprint density at radius 3 is 2.62 bits per heavy atom. The molecule has 5 nitrogen and oxygen atoms in total. The smallest absolute Gasteiger partial charge is 0.407 e. The van der Waals surface area contributed by atoms with Crippen LogP contribution in [0.4, 0.5) is 4.79 Å². The van der Waals surface area contributed by atoms with Gasteiger partial charge in [-0.05, 0) is 19.1 Å². The third-order valence-corrected chi connectivity index (χ3v) is 2.44. The maximum absolute atomic E-state index is 10.7. The Morgan fingerprint density at radius 2 is 2.23 bits per heavy atom. The Morgan fingerprint density at radius 1 is 1.62 bits per heavy atom. The zero-order chi connectivity index (χ0) is 10.0. The molecule has 6 heteroatoms. The summed E-state index contributed by atoms with van der Waals surface area (Å²) in [5.74, 6) is 0. The summed E-state index contributed by atoms with van der Waals surface area (Å²) >= 11 is 4.81. The van der Waals surface area contributed by atoms with Crippen molar-refractivity contribution in [3.63, 3.8) is 0 Å². The van der Waals surface area contributed by atoms with Crippen molar-refractivity contribution in [2.75, 3.05) is 19.6 Å². The third kappa shape index (κ3) is 2.21. The first-order valence-electron chi connectivity index (χ1n) is 4.06. The predicted octanol–water partition coefficient (Wildman–Crippen LogP) is -0.0859. The first-order chi connectivity index (χ1) is 6.02. The minimum atomic E-state index is -0.880. The normalized spacial score (nSPS) is 23.0. The molecule has 1 heterocycles. The van der Waals surface area contributed by atoms with Gasteiger partial charge in [0.15, 0.2) is 5.11 Å². The van der Waals surface area contributed by atoms with Crippen LogP contribution in [0, 0.1) is 0 Å². The number of hydrogen-bond donors (Lipinski definition) is 2. The van der Waals surface area contributed by atoms with Crippen LogP contribution in [0.15, 0.2) is 0 Å². The Labute approximate surface area is 82.1 Å². The van der Waals surface area contributed by atoms with Crippen molar-refractivity contribution in [1.82, 2.24) is 9.80 Å². The van der Waals surface area contributed by atoms with E-state index in [-0.39, 0.29) is 6.04 Å². The van der Waals surface area contributed by atoms with Gasteiger partial charge in [-0.25, -0.2) is 4.79 Å². The van der Waals surface area contributed by atoms with Gasteiger partial charge in [-0.3, -0.25) is 0 Å². The third-order valence-electron chi connectivity index (χ3n) is 2.18. The number of hydrogen-bond acceptors (Lipinski definition) is 2. The second-order valence-corrected chi connectivity index (χ2v) is 3.53. The second kappa shape index (κ2) is 3.78. The average Bonchev–Trinajstić information content (AvgIpc) is 2.03. The summed E-state index contributed by atoms with van der Waals surface area (Å²) < 4.78 is 0. The minimum Gasteiger partial charge on any atom is -0.465 e. The van der Waals surface area contributed by atoms with E-state index in [2.05, 4.69) is 0 Å². The summed E-state index contributed by atoms with van der Waals surface area (Å²) in [6.45, 7) is 3.49. The van der Waals surface area contributed by atoms with Crippen molar-refractivity contribution < 1.29 is 9.90 Å². The minimum absolute atomic E-state index is 0.0484. The molecular weight excluding hydrogens is 190 g/mol. The quantitative estimate of drug-likeness (QED) is 0.539. The number of nitrogens with zero attached hydrogens (tertiary/aromatic N) is 2. The Hall–Kier alpha value is -1.04. The van der Waals surface area contributed by atoms with E-state index in [4.69, 9.17) is 23.1 Å². The second-order valence-electron chi connectivity index (χ2n) is 3.11. The predicted molar refractivity (Wildman–Crippen MR) is 52.6 cm³/mol. The molecule has 3 N–H and O–H groups in total. The summed E-state index contributed by atoms with van der Waals surface area (Å²) in [4.78, 5) is 13.9. The fourth-order valence-electron chi connectivity index (χ4n) is 1.44. The molecule has 0 aliphatic carbocycles. The van der Waals surface area contributed by atoms with Gasteiger partial charge in [0.25, 0.3) is 0 Å². The molecule has 0 aromatic rings. The summed E-state index contributed by atoms with van der Waals surface area (Å²) in [6, 6.07) is -0.0484. The van der Waals surface area contributed by atoms with E-state index in [9.17, 15) is 4.79 Å². The monoisotopic (exact) mass is 203 g/mol. The van der Waals surface area contributed by atoms with Gasteiger partial charge in [0.05, 0.1) is 0 Å². The van der Waals surface area contributed by atoms with E-state index in [1.54, 1.807) is 0 Å². The van der Waals surface area contributed by atoms with Crippen molar-refractivity contribution in [1.29, 1.82) is 0 Å². The lowest BCUT2D eigenvalue weighted by Crippen LogP contribution is -2.56. The molecule has 0 radical (unpaired) electrons. The van der Waals surface area contributed by atoms with Crippen LogP contribution in [-0.4, -0.2) is 51.8 Å². The number of amides is 1. The highest BCUT2D eigenvalue weighted by Gasteiger charge is 2.27.